The number of hydrogen-bond donors (Lipinski definition) is 1. The van der Waals surface area contributed by atoms with Gasteiger partial charge in [0, 0.05) is 50.0 Å². The van der Waals surface area contributed by atoms with Gasteiger partial charge in [-0.1, -0.05) is 6.07 Å². The van der Waals surface area contributed by atoms with Crippen LogP contribution >= 0.6 is 0 Å². The van der Waals surface area contributed by atoms with Gasteiger partial charge in [-0.15, -0.1) is 0 Å². The lowest BCUT2D eigenvalue weighted by molar-refractivity contribution is 0.0161. The lowest BCUT2D eigenvalue weighted by atomic mass is 10.1. The highest BCUT2D eigenvalue weighted by Crippen LogP contribution is 2.20. The van der Waals surface area contributed by atoms with E-state index in [4.69, 9.17) is 4.74 Å². The topological polar surface area (TPSA) is 67.4 Å². The average Bonchev–Trinajstić information content (AvgIpc) is 2.64. The number of nitrogens with one attached hydrogen (secondary N) is 1. The molecule has 0 aliphatic carbocycles. The van der Waals surface area contributed by atoms with Crippen LogP contribution < -0.4 is 5.32 Å². The molecule has 6 nitrogen and oxygen atoms in total. The van der Waals surface area contributed by atoms with Gasteiger partial charge in [-0.3, -0.25) is 19.7 Å². The third kappa shape index (κ3) is 4.12. The molecule has 0 saturated carbocycles. The minimum Gasteiger partial charge on any atom is -0.379 e. The second-order valence-electron chi connectivity index (χ2n) is 5.40. The molecule has 3 rings (SSSR count). The summed E-state index contributed by atoms with van der Waals surface area (Å²) in [6.07, 6.45) is 6.86. The smallest absolute Gasteiger partial charge is 0.251 e. The van der Waals surface area contributed by atoms with Crippen molar-refractivity contribution in [3.63, 3.8) is 0 Å². The van der Waals surface area contributed by atoms with Gasteiger partial charge in [-0.2, -0.15) is 0 Å². The summed E-state index contributed by atoms with van der Waals surface area (Å²) in [6.45, 7) is 3.67. The van der Waals surface area contributed by atoms with E-state index in [0.717, 1.165) is 31.9 Å². The highest BCUT2D eigenvalue weighted by Gasteiger charge is 2.23. The van der Waals surface area contributed by atoms with Gasteiger partial charge in [0.1, 0.15) is 0 Å². The molecule has 0 radical (unpaired) electrons. The van der Waals surface area contributed by atoms with Crippen molar-refractivity contribution in [1.29, 1.82) is 0 Å². The standard InChI is InChI=1S/C17H20N4O2/c22-17(14-3-6-18-7-4-14)20-13-16(15-2-1-5-19-12-15)21-8-10-23-11-9-21/h1-7,12,16H,8-11,13H2,(H,20,22). The van der Waals surface area contributed by atoms with Crippen LogP contribution in [0.1, 0.15) is 22.0 Å². The number of amides is 1. The maximum absolute atomic E-state index is 12.3. The molecule has 1 aliphatic rings. The fourth-order valence-electron chi connectivity index (χ4n) is 2.71. The van der Waals surface area contributed by atoms with Crippen molar-refractivity contribution in [3.8, 4) is 0 Å². The molecule has 2 aromatic heterocycles. The van der Waals surface area contributed by atoms with Gasteiger partial charge in [-0.05, 0) is 23.8 Å². The molecule has 1 unspecified atom stereocenters. The van der Waals surface area contributed by atoms with Crippen molar-refractivity contribution in [1.82, 2.24) is 20.2 Å². The number of rotatable bonds is 5. The fraction of sp³-hybridized carbons (Fsp3) is 0.353. The summed E-state index contributed by atoms with van der Waals surface area (Å²) in [5.41, 5.74) is 1.72. The third-order valence-corrected chi connectivity index (χ3v) is 3.95. The Morgan fingerprint density at radius 1 is 1.17 bits per heavy atom. The van der Waals surface area contributed by atoms with Crippen molar-refractivity contribution in [2.45, 2.75) is 6.04 Å². The SMILES string of the molecule is O=C(NCC(c1cccnc1)N1CCOCC1)c1ccncc1. The van der Waals surface area contributed by atoms with Crippen molar-refractivity contribution < 1.29 is 9.53 Å². The van der Waals surface area contributed by atoms with Crippen molar-refractivity contribution in [2.24, 2.45) is 0 Å². The predicted molar refractivity (Wildman–Crippen MR) is 85.9 cm³/mol. The van der Waals surface area contributed by atoms with Crippen LogP contribution in [-0.2, 0) is 4.74 Å². The Labute approximate surface area is 135 Å². The molecule has 1 fully saturated rings. The first-order valence-corrected chi connectivity index (χ1v) is 7.74. The lowest BCUT2D eigenvalue weighted by Crippen LogP contribution is -2.43. The Kier molecular flexibility index (Phi) is 5.29. The van der Waals surface area contributed by atoms with E-state index in [-0.39, 0.29) is 11.9 Å². The van der Waals surface area contributed by atoms with Crippen LogP contribution in [0.25, 0.3) is 0 Å². The summed E-state index contributed by atoms with van der Waals surface area (Å²) in [5.74, 6) is -0.0884. The molecular weight excluding hydrogens is 292 g/mol. The van der Waals surface area contributed by atoms with E-state index >= 15 is 0 Å². The largest absolute Gasteiger partial charge is 0.379 e. The van der Waals surface area contributed by atoms with Crippen molar-refractivity contribution >= 4 is 5.91 Å². The number of ether oxygens (including phenoxy) is 1. The average molecular weight is 312 g/mol. The van der Waals surface area contributed by atoms with Crippen LogP contribution in [0.2, 0.25) is 0 Å². The molecule has 3 heterocycles. The van der Waals surface area contributed by atoms with Crippen molar-refractivity contribution in [2.75, 3.05) is 32.8 Å². The van der Waals surface area contributed by atoms with Gasteiger partial charge in [0.25, 0.3) is 5.91 Å². The number of aromatic nitrogens is 2. The summed E-state index contributed by atoms with van der Waals surface area (Å²) in [5, 5.41) is 3.02. The molecule has 120 valence electrons. The number of hydrogen-bond acceptors (Lipinski definition) is 5. The van der Waals surface area contributed by atoms with E-state index in [1.165, 1.54) is 0 Å². The zero-order chi connectivity index (χ0) is 15.9. The number of nitrogens with zero attached hydrogens (tertiary/aromatic N) is 3. The van der Waals surface area contributed by atoms with Crippen LogP contribution in [0.3, 0.4) is 0 Å². The molecule has 1 saturated heterocycles. The molecule has 1 aliphatic heterocycles. The van der Waals surface area contributed by atoms with E-state index < -0.39 is 0 Å². The highest BCUT2D eigenvalue weighted by molar-refractivity contribution is 5.93. The van der Waals surface area contributed by atoms with Gasteiger partial charge in [0.2, 0.25) is 0 Å². The van der Waals surface area contributed by atoms with E-state index in [1.54, 1.807) is 30.7 Å². The maximum atomic E-state index is 12.3. The van der Waals surface area contributed by atoms with Crippen LogP contribution in [0.5, 0.6) is 0 Å². The Bertz CT molecular complexity index is 615. The van der Waals surface area contributed by atoms with Crippen LogP contribution in [0.15, 0.2) is 49.1 Å². The Hall–Kier alpha value is -2.31. The fourth-order valence-corrected chi connectivity index (χ4v) is 2.71. The van der Waals surface area contributed by atoms with Crippen LogP contribution in [-0.4, -0.2) is 53.6 Å². The molecule has 6 heteroatoms. The summed E-state index contributed by atoms with van der Waals surface area (Å²) in [4.78, 5) is 22.7. The first-order valence-electron chi connectivity index (χ1n) is 7.74. The highest BCUT2D eigenvalue weighted by atomic mass is 16.5. The third-order valence-electron chi connectivity index (χ3n) is 3.95. The van der Waals surface area contributed by atoms with Gasteiger partial charge in [-0.25, -0.2) is 0 Å². The molecule has 1 amide bonds. The van der Waals surface area contributed by atoms with E-state index in [0.29, 0.717) is 12.1 Å². The minimum atomic E-state index is -0.0884. The summed E-state index contributed by atoms with van der Waals surface area (Å²) < 4.78 is 5.43. The molecule has 1 atom stereocenters. The number of carbonyl (C=O) groups is 1. The Balaban J connectivity index is 1.70. The zero-order valence-electron chi connectivity index (χ0n) is 12.9. The van der Waals surface area contributed by atoms with Crippen LogP contribution in [0.4, 0.5) is 0 Å². The van der Waals surface area contributed by atoms with Gasteiger partial charge in [0.15, 0.2) is 0 Å². The monoisotopic (exact) mass is 312 g/mol. The van der Waals surface area contributed by atoms with E-state index in [1.807, 2.05) is 18.3 Å². The summed E-state index contributed by atoms with van der Waals surface area (Å²) in [7, 11) is 0. The molecule has 0 spiro atoms. The first kappa shape index (κ1) is 15.6. The van der Waals surface area contributed by atoms with Gasteiger partial charge in [0.05, 0.1) is 19.3 Å². The predicted octanol–water partition coefficient (Wildman–Crippen LogP) is 1.28. The quantitative estimate of drug-likeness (QED) is 0.901. The molecule has 2 aromatic rings. The molecule has 0 bridgehead atoms. The second kappa shape index (κ2) is 7.80. The Morgan fingerprint density at radius 2 is 1.96 bits per heavy atom. The lowest BCUT2D eigenvalue weighted by Gasteiger charge is -2.34. The number of carbonyl (C=O) groups excluding carboxylic acids is 1. The first-order chi connectivity index (χ1) is 11.3. The van der Waals surface area contributed by atoms with Crippen molar-refractivity contribution in [3.05, 3.63) is 60.2 Å². The maximum Gasteiger partial charge on any atom is 0.251 e. The summed E-state index contributed by atoms with van der Waals surface area (Å²) in [6, 6.07) is 7.49. The second-order valence-corrected chi connectivity index (χ2v) is 5.40. The summed E-state index contributed by atoms with van der Waals surface area (Å²) >= 11 is 0. The van der Waals surface area contributed by atoms with E-state index in [9.17, 15) is 4.79 Å². The Morgan fingerprint density at radius 3 is 2.65 bits per heavy atom. The normalized spacial score (nSPS) is 16.7. The van der Waals surface area contributed by atoms with E-state index in [2.05, 4.69) is 20.2 Å². The zero-order valence-corrected chi connectivity index (χ0v) is 12.9. The number of pyridine rings is 2. The van der Waals surface area contributed by atoms with Gasteiger partial charge >= 0.3 is 0 Å². The molecule has 1 N–H and O–H groups in total. The minimum absolute atomic E-state index is 0.0884. The van der Waals surface area contributed by atoms with Crippen LogP contribution in [0, 0.1) is 0 Å². The number of morpholine rings is 1. The molecule has 0 aromatic carbocycles. The molecule has 23 heavy (non-hydrogen) atoms. The van der Waals surface area contributed by atoms with Gasteiger partial charge < -0.3 is 10.1 Å². The molecular formula is C17H20N4O2.